The van der Waals surface area contributed by atoms with E-state index in [-0.39, 0.29) is 18.0 Å². The maximum atomic E-state index is 6.12. The van der Waals surface area contributed by atoms with Crippen LogP contribution >= 0.6 is 0 Å². The Bertz CT molecular complexity index is 1150. The molecule has 1 aromatic rings. The van der Waals surface area contributed by atoms with E-state index in [1.54, 1.807) is 0 Å². The van der Waals surface area contributed by atoms with Gasteiger partial charge in [-0.05, 0) is 77.0 Å². The second-order valence-electron chi connectivity index (χ2n) is 20.8. The quantitative estimate of drug-likeness (QED) is 0.263. The van der Waals surface area contributed by atoms with Crippen LogP contribution < -0.4 is 14.5 Å². The molecule has 0 amide bonds. The topological polar surface area (TPSA) is 103 Å². The summed E-state index contributed by atoms with van der Waals surface area (Å²) >= 11 is 0. The van der Waals surface area contributed by atoms with Gasteiger partial charge in [0.2, 0.25) is 0 Å². The maximum absolute atomic E-state index is 6.12. The number of rotatable bonds is 6. The summed E-state index contributed by atoms with van der Waals surface area (Å²) in [6, 6.07) is 0.241. The van der Waals surface area contributed by atoms with Crippen LogP contribution in [0.4, 0.5) is 0 Å². The summed E-state index contributed by atoms with van der Waals surface area (Å²) in [4.78, 5) is 32.2. The molecule has 378 valence electrons. The molecule has 3 aliphatic rings. The van der Waals surface area contributed by atoms with E-state index in [0.717, 1.165) is 94.2 Å². The SMILES string of the molecule is C1CCCCCCCCC(=NOc2nc(ON=C3CCCCCCCCCCCCCCCCC3)nc(ON=C3CCCCCCCCCCCCCCCCC3)n2)CCCCCCCC1. The van der Waals surface area contributed by atoms with Gasteiger partial charge in [0.05, 0.1) is 17.1 Å². The predicted molar refractivity (Wildman–Crippen MR) is 279 cm³/mol. The van der Waals surface area contributed by atoms with Crippen LogP contribution in [0.1, 0.15) is 327 Å². The molecule has 1 heterocycles. The first kappa shape index (κ1) is 56.0. The molecular weight excluding hydrogens is 817 g/mol. The summed E-state index contributed by atoms with van der Waals surface area (Å²) in [5.41, 5.74) is 3.28. The van der Waals surface area contributed by atoms with Gasteiger partial charge in [-0.1, -0.05) is 266 Å². The first-order valence-corrected chi connectivity index (χ1v) is 29.3. The van der Waals surface area contributed by atoms with Gasteiger partial charge in [-0.3, -0.25) is 0 Å². The highest BCUT2D eigenvalue weighted by Crippen LogP contribution is 2.22. The van der Waals surface area contributed by atoms with E-state index in [0.29, 0.717) is 0 Å². The number of hydrogen-bond donors (Lipinski definition) is 0. The Morgan fingerprint density at radius 3 is 0.439 bits per heavy atom. The molecule has 66 heavy (non-hydrogen) atoms. The molecule has 3 saturated carbocycles. The average Bonchev–Trinajstić information content (AvgIpc) is 3.32. The van der Waals surface area contributed by atoms with Crippen LogP contribution in [-0.2, 0) is 0 Å². The number of nitrogens with zero attached hydrogens (tertiary/aromatic N) is 6. The van der Waals surface area contributed by atoms with Gasteiger partial charge < -0.3 is 14.5 Å². The van der Waals surface area contributed by atoms with Gasteiger partial charge in [0.15, 0.2) is 0 Å². The summed E-state index contributed by atoms with van der Waals surface area (Å²) < 4.78 is 0. The van der Waals surface area contributed by atoms with Crippen molar-refractivity contribution in [2.75, 3.05) is 0 Å². The molecule has 0 spiro atoms. The van der Waals surface area contributed by atoms with Gasteiger partial charge in [0.1, 0.15) is 0 Å². The van der Waals surface area contributed by atoms with Crippen molar-refractivity contribution in [3.05, 3.63) is 0 Å². The molecule has 0 atom stereocenters. The lowest BCUT2D eigenvalue weighted by atomic mass is 10.0. The Kier molecular flexibility index (Phi) is 35.1. The van der Waals surface area contributed by atoms with Gasteiger partial charge in [0, 0.05) is 0 Å². The Morgan fingerprint density at radius 2 is 0.303 bits per heavy atom. The zero-order valence-corrected chi connectivity index (χ0v) is 43.0. The van der Waals surface area contributed by atoms with Gasteiger partial charge in [-0.15, -0.1) is 15.0 Å². The lowest BCUT2D eigenvalue weighted by Gasteiger charge is -2.10. The monoisotopic (exact) mass is 919 g/mol. The van der Waals surface area contributed by atoms with Crippen molar-refractivity contribution in [3.63, 3.8) is 0 Å². The fraction of sp³-hybridized carbons (Fsp3) is 0.895. The fourth-order valence-corrected chi connectivity index (χ4v) is 10.3. The summed E-state index contributed by atoms with van der Waals surface area (Å²) in [5, 5.41) is 14.2. The highest BCUT2D eigenvalue weighted by atomic mass is 16.7. The molecular formula is C57H102N6O3. The van der Waals surface area contributed by atoms with Crippen molar-refractivity contribution in [2.24, 2.45) is 15.5 Å². The maximum Gasteiger partial charge on any atom is 0.355 e. The van der Waals surface area contributed by atoms with Gasteiger partial charge in [0.25, 0.3) is 0 Å². The van der Waals surface area contributed by atoms with Crippen molar-refractivity contribution in [3.8, 4) is 18.0 Å². The third-order valence-electron chi connectivity index (χ3n) is 14.6. The molecule has 4 rings (SSSR count). The third-order valence-corrected chi connectivity index (χ3v) is 14.6. The van der Waals surface area contributed by atoms with Crippen LogP contribution in [0.5, 0.6) is 18.0 Å². The fourth-order valence-electron chi connectivity index (χ4n) is 10.3. The Balaban J connectivity index is 1.49. The molecule has 0 aromatic carbocycles. The molecule has 0 radical (unpaired) electrons. The standard InChI is InChI=1S/C57H102N6O3/c1-4-10-16-22-28-34-40-46-52(47-41-35-29-23-17-11-5-1)61-64-55-58-56(65-62-53-48-42-36-30-24-18-12-6-2-7-13-19-25-31-37-43-49-53)60-57(59-55)66-63-54-50-44-38-32-26-20-14-8-3-9-15-21-27-33-39-45-51-54/h1-51H2. The molecule has 0 unspecified atom stereocenters. The largest absolute Gasteiger partial charge is 0.355 e. The van der Waals surface area contributed by atoms with Crippen LogP contribution in [0.3, 0.4) is 0 Å². The number of aromatic nitrogens is 3. The van der Waals surface area contributed by atoms with Crippen LogP contribution in [0.25, 0.3) is 0 Å². The Hall–Kier alpha value is -2.58. The zero-order chi connectivity index (χ0) is 45.9. The minimum absolute atomic E-state index is 0.0803. The second-order valence-corrected chi connectivity index (χ2v) is 20.8. The van der Waals surface area contributed by atoms with E-state index in [1.165, 1.54) is 250 Å². The van der Waals surface area contributed by atoms with Gasteiger partial charge >= 0.3 is 18.0 Å². The molecule has 3 fully saturated rings. The van der Waals surface area contributed by atoms with Crippen molar-refractivity contribution in [2.45, 2.75) is 327 Å². The first-order valence-electron chi connectivity index (χ1n) is 29.3. The van der Waals surface area contributed by atoms with Crippen LogP contribution in [0.15, 0.2) is 15.5 Å². The summed E-state index contributed by atoms with van der Waals surface area (Å²) in [6.45, 7) is 0. The number of oxime groups is 3. The van der Waals surface area contributed by atoms with Crippen molar-refractivity contribution in [1.29, 1.82) is 0 Å². The van der Waals surface area contributed by atoms with E-state index in [1.807, 2.05) is 0 Å². The van der Waals surface area contributed by atoms with Crippen LogP contribution in [0.2, 0.25) is 0 Å². The molecule has 0 saturated heterocycles. The molecule has 1 aromatic heterocycles. The molecule has 0 N–H and O–H groups in total. The van der Waals surface area contributed by atoms with Gasteiger partial charge in [-0.25, -0.2) is 0 Å². The normalized spacial score (nSPS) is 22.1. The average molecular weight is 919 g/mol. The van der Waals surface area contributed by atoms with Crippen LogP contribution in [-0.4, -0.2) is 32.1 Å². The lowest BCUT2D eigenvalue weighted by Crippen LogP contribution is -2.08. The zero-order valence-electron chi connectivity index (χ0n) is 43.0. The summed E-state index contributed by atoms with van der Waals surface area (Å²) in [7, 11) is 0. The van der Waals surface area contributed by atoms with E-state index < -0.39 is 0 Å². The molecule has 0 bridgehead atoms. The van der Waals surface area contributed by atoms with Crippen molar-refractivity contribution in [1.82, 2.24) is 15.0 Å². The van der Waals surface area contributed by atoms with Crippen LogP contribution in [0, 0.1) is 0 Å². The summed E-state index contributed by atoms with van der Waals surface area (Å²) in [6.07, 6.45) is 65.0. The van der Waals surface area contributed by atoms with E-state index in [4.69, 9.17) is 30.0 Å². The van der Waals surface area contributed by atoms with Crippen molar-refractivity contribution < 1.29 is 14.5 Å². The Morgan fingerprint density at radius 1 is 0.182 bits per heavy atom. The first-order chi connectivity index (χ1) is 32.8. The molecule has 9 nitrogen and oxygen atoms in total. The third kappa shape index (κ3) is 31.5. The second kappa shape index (κ2) is 41.4. The minimum atomic E-state index is 0.0803. The molecule has 0 aliphatic heterocycles. The molecule has 9 heteroatoms. The van der Waals surface area contributed by atoms with Gasteiger partial charge in [-0.2, -0.15) is 0 Å². The highest BCUT2D eigenvalue weighted by molar-refractivity contribution is 5.84. The minimum Gasteiger partial charge on any atom is -0.315 e. The summed E-state index contributed by atoms with van der Waals surface area (Å²) in [5.74, 6) is 0. The Labute approximate surface area is 406 Å². The molecule has 3 aliphatic carbocycles. The van der Waals surface area contributed by atoms with E-state index in [2.05, 4.69) is 15.0 Å². The lowest BCUT2D eigenvalue weighted by molar-refractivity contribution is 0.247. The predicted octanol–water partition coefficient (Wildman–Crippen LogP) is 19.0. The van der Waals surface area contributed by atoms with E-state index in [9.17, 15) is 0 Å². The van der Waals surface area contributed by atoms with Crippen molar-refractivity contribution >= 4 is 17.1 Å². The highest BCUT2D eigenvalue weighted by Gasteiger charge is 2.14. The smallest absolute Gasteiger partial charge is 0.315 e. The van der Waals surface area contributed by atoms with E-state index >= 15 is 0 Å². The number of hydrogen-bond acceptors (Lipinski definition) is 9.